The fourth-order valence-corrected chi connectivity index (χ4v) is 3.82. The minimum absolute atomic E-state index is 0.472. The summed E-state index contributed by atoms with van der Waals surface area (Å²) in [6.07, 6.45) is 10.3. The molecule has 0 radical (unpaired) electrons. The van der Waals surface area contributed by atoms with Gasteiger partial charge in [0.25, 0.3) is 0 Å². The molecule has 1 saturated heterocycles. The van der Waals surface area contributed by atoms with Gasteiger partial charge in [-0.3, -0.25) is 4.98 Å². The molecule has 0 bridgehead atoms. The summed E-state index contributed by atoms with van der Waals surface area (Å²) < 4.78 is 2.31. The van der Waals surface area contributed by atoms with E-state index >= 15 is 0 Å². The smallest absolute Gasteiger partial charge is 0.113 e. The van der Waals surface area contributed by atoms with Crippen LogP contribution in [0, 0.1) is 6.92 Å². The number of piperidine rings is 1. The first-order chi connectivity index (χ1) is 12.3. The number of pyridine rings is 1. The molecule has 0 amide bonds. The van der Waals surface area contributed by atoms with E-state index in [4.69, 9.17) is 4.98 Å². The van der Waals surface area contributed by atoms with Gasteiger partial charge in [-0.1, -0.05) is 30.3 Å². The number of benzene rings is 1. The molecule has 1 fully saturated rings. The summed E-state index contributed by atoms with van der Waals surface area (Å²) in [5.41, 5.74) is 3.87. The van der Waals surface area contributed by atoms with Crippen molar-refractivity contribution in [3.8, 4) is 0 Å². The van der Waals surface area contributed by atoms with Crippen LogP contribution in [0.25, 0.3) is 0 Å². The number of imidazole rings is 1. The summed E-state index contributed by atoms with van der Waals surface area (Å²) in [6, 6.07) is 12.7. The Balaban J connectivity index is 1.54. The van der Waals surface area contributed by atoms with Gasteiger partial charge in [0.05, 0.1) is 0 Å². The molecule has 4 rings (SSSR count). The van der Waals surface area contributed by atoms with E-state index in [0.29, 0.717) is 5.92 Å². The van der Waals surface area contributed by atoms with Crippen LogP contribution < -0.4 is 4.90 Å². The van der Waals surface area contributed by atoms with Crippen LogP contribution in [0.15, 0.2) is 61.2 Å². The summed E-state index contributed by atoms with van der Waals surface area (Å²) >= 11 is 0. The number of anilines is 1. The Kier molecular flexibility index (Phi) is 4.51. The molecule has 1 aliphatic rings. The van der Waals surface area contributed by atoms with E-state index in [-0.39, 0.29) is 0 Å². The molecular weight excluding hydrogens is 308 g/mol. The molecule has 25 heavy (non-hydrogen) atoms. The van der Waals surface area contributed by atoms with Crippen LogP contribution in [0.5, 0.6) is 0 Å². The van der Waals surface area contributed by atoms with Crippen LogP contribution in [0.4, 0.5) is 5.69 Å². The highest BCUT2D eigenvalue weighted by atomic mass is 15.2. The van der Waals surface area contributed by atoms with Gasteiger partial charge in [-0.05, 0) is 37.0 Å². The van der Waals surface area contributed by atoms with Crippen molar-refractivity contribution in [2.45, 2.75) is 32.2 Å². The van der Waals surface area contributed by atoms with Gasteiger partial charge in [0, 0.05) is 56.0 Å². The second kappa shape index (κ2) is 7.09. The van der Waals surface area contributed by atoms with Crippen molar-refractivity contribution in [3.05, 3.63) is 78.1 Å². The highest BCUT2D eigenvalue weighted by Gasteiger charge is 2.25. The Morgan fingerprint density at radius 2 is 2.00 bits per heavy atom. The summed E-state index contributed by atoms with van der Waals surface area (Å²) in [7, 11) is 0. The Labute approximate surface area is 149 Å². The zero-order valence-corrected chi connectivity index (χ0v) is 14.7. The SMILES string of the molecule is Cc1cnccc1N1CCC[C@H](c2nccn2Cc2ccccc2)C1. The molecule has 3 aromatic rings. The van der Waals surface area contributed by atoms with Gasteiger partial charge < -0.3 is 9.47 Å². The molecule has 0 saturated carbocycles. The molecule has 4 heteroatoms. The van der Waals surface area contributed by atoms with Gasteiger partial charge in [-0.25, -0.2) is 4.98 Å². The van der Waals surface area contributed by atoms with Gasteiger partial charge in [0.15, 0.2) is 0 Å². The Morgan fingerprint density at radius 3 is 2.84 bits per heavy atom. The molecule has 0 spiro atoms. The Morgan fingerprint density at radius 1 is 1.12 bits per heavy atom. The first-order valence-electron chi connectivity index (χ1n) is 9.02. The molecule has 4 nitrogen and oxygen atoms in total. The Hall–Kier alpha value is -2.62. The monoisotopic (exact) mass is 332 g/mol. The number of aryl methyl sites for hydroxylation is 1. The topological polar surface area (TPSA) is 34.0 Å². The minimum atomic E-state index is 0.472. The van der Waals surface area contributed by atoms with Gasteiger partial charge in [0.1, 0.15) is 5.82 Å². The molecule has 1 aromatic carbocycles. The van der Waals surface area contributed by atoms with Crippen molar-refractivity contribution >= 4 is 5.69 Å². The molecule has 2 aromatic heterocycles. The molecular formula is C21H24N4. The average molecular weight is 332 g/mol. The predicted octanol–water partition coefficient (Wildman–Crippen LogP) is 4.02. The van der Waals surface area contributed by atoms with E-state index in [2.05, 4.69) is 64.0 Å². The maximum absolute atomic E-state index is 4.71. The van der Waals surface area contributed by atoms with Crippen molar-refractivity contribution in [2.24, 2.45) is 0 Å². The lowest BCUT2D eigenvalue weighted by molar-refractivity contribution is 0.476. The summed E-state index contributed by atoms with van der Waals surface area (Å²) in [4.78, 5) is 11.4. The highest BCUT2D eigenvalue weighted by Crippen LogP contribution is 2.30. The van der Waals surface area contributed by atoms with Crippen LogP contribution >= 0.6 is 0 Å². The van der Waals surface area contributed by atoms with E-state index in [1.165, 1.54) is 35.5 Å². The maximum Gasteiger partial charge on any atom is 0.113 e. The molecule has 3 heterocycles. The first-order valence-corrected chi connectivity index (χ1v) is 9.02. The first kappa shape index (κ1) is 15.9. The van der Waals surface area contributed by atoms with Crippen LogP contribution in [0.2, 0.25) is 0 Å². The molecule has 1 aliphatic heterocycles. The lowest BCUT2D eigenvalue weighted by atomic mass is 9.96. The average Bonchev–Trinajstić information content (AvgIpc) is 3.11. The lowest BCUT2D eigenvalue weighted by Crippen LogP contribution is -2.35. The quantitative estimate of drug-likeness (QED) is 0.724. The number of nitrogens with zero attached hydrogens (tertiary/aromatic N) is 4. The van der Waals surface area contributed by atoms with Crippen molar-refractivity contribution in [1.82, 2.24) is 14.5 Å². The van der Waals surface area contributed by atoms with Crippen LogP contribution in [-0.2, 0) is 6.54 Å². The highest BCUT2D eigenvalue weighted by molar-refractivity contribution is 5.52. The van der Waals surface area contributed by atoms with Crippen molar-refractivity contribution < 1.29 is 0 Å². The predicted molar refractivity (Wildman–Crippen MR) is 101 cm³/mol. The lowest BCUT2D eigenvalue weighted by Gasteiger charge is -2.35. The normalized spacial score (nSPS) is 17.6. The van der Waals surface area contributed by atoms with E-state index in [0.717, 1.165) is 19.6 Å². The molecule has 0 aliphatic carbocycles. The number of aromatic nitrogens is 3. The molecule has 0 unspecified atom stereocenters. The maximum atomic E-state index is 4.71. The van der Waals surface area contributed by atoms with Crippen LogP contribution in [-0.4, -0.2) is 27.6 Å². The van der Waals surface area contributed by atoms with Gasteiger partial charge >= 0.3 is 0 Å². The van der Waals surface area contributed by atoms with Gasteiger partial charge in [-0.2, -0.15) is 0 Å². The fraction of sp³-hybridized carbons (Fsp3) is 0.333. The largest absolute Gasteiger partial charge is 0.370 e. The third kappa shape index (κ3) is 3.43. The summed E-state index contributed by atoms with van der Waals surface area (Å²) in [6.45, 7) is 5.17. The van der Waals surface area contributed by atoms with Crippen LogP contribution in [0.1, 0.15) is 35.7 Å². The van der Waals surface area contributed by atoms with Gasteiger partial charge in [-0.15, -0.1) is 0 Å². The van der Waals surface area contributed by atoms with Crippen LogP contribution in [0.3, 0.4) is 0 Å². The number of hydrogen-bond acceptors (Lipinski definition) is 3. The van der Waals surface area contributed by atoms with E-state index < -0.39 is 0 Å². The summed E-state index contributed by atoms with van der Waals surface area (Å²) in [5, 5.41) is 0. The van der Waals surface area contributed by atoms with Crippen molar-refractivity contribution in [3.63, 3.8) is 0 Å². The standard InChI is InChI=1S/C21H24N4/c1-17-14-22-10-9-20(17)24-12-5-8-19(16-24)21-23-11-13-25(21)15-18-6-3-2-4-7-18/h2-4,6-7,9-11,13-14,19H,5,8,12,15-16H2,1H3/t19-/m0/s1. The zero-order chi connectivity index (χ0) is 17.1. The van der Waals surface area contributed by atoms with Crippen molar-refractivity contribution in [1.29, 1.82) is 0 Å². The third-order valence-corrected chi connectivity index (χ3v) is 5.06. The number of hydrogen-bond donors (Lipinski definition) is 0. The van der Waals surface area contributed by atoms with Gasteiger partial charge in [0.2, 0.25) is 0 Å². The molecule has 1 atom stereocenters. The molecule has 0 N–H and O–H groups in total. The van der Waals surface area contributed by atoms with E-state index in [1.807, 2.05) is 18.6 Å². The second-order valence-corrected chi connectivity index (χ2v) is 6.85. The Bertz CT molecular complexity index is 825. The third-order valence-electron chi connectivity index (χ3n) is 5.06. The summed E-state index contributed by atoms with van der Waals surface area (Å²) in [5.74, 6) is 1.68. The zero-order valence-electron chi connectivity index (χ0n) is 14.7. The van der Waals surface area contributed by atoms with E-state index in [9.17, 15) is 0 Å². The van der Waals surface area contributed by atoms with E-state index in [1.54, 1.807) is 0 Å². The van der Waals surface area contributed by atoms with Crippen molar-refractivity contribution in [2.75, 3.05) is 18.0 Å². The molecule has 128 valence electrons. The second-order valence-electron chi connectivity index (χ2n) is 6.85. The fourth-order valence-electron chi connectivity index (χ4n) is 3.82. The number of rotatable bonds is 4. The minimum Gasteiger partial charge on any atom is -0.370 e.